The molecule has 2 aromatic heterocycles. The summed E-state index contributed by atoms with van der Waals surface area (Å²) in [5.41, 5.74) is 1.30. The number of aromatic nitrogens is 1. The van der Waals surface area contributed by atoms with Gasteiger partial charge >= 0.3 is 5.97 Å². The van der Waals surface area contributed by atoms with Crippen LogP contribution >= 0.6 is 11.6 Å². The minimum absolute atomic E-state index is 0.0325. The summed E-state index contributed by atoms with van der Waals surface area (Å²) in [7, 11) is 0. The Kier molecular flexibility index (Phi) is 7.99. The Bertz CT molecular complexity index is 1600. The highest BCUT2D eigenvalue weighted by Crippen LogP contribution is 2.43. The molecule has 230 valence electrons. The normalized spacial score (nSPS) is 24.2. The van der Waals surface area contributed by atoms with Crippen LogP contribution in [0, 0.1) is 23.1 Å². The maximum absolute atomic E-state index is 14.3. The van der Waals surface area contributed by atoms with Crippen LogP contribution in [0.25, 0.3) is 22.4 Å². The number of carbonyl (C=O) groups is 3. The molecule has 1 aromatic carbocycles. The summed E-state index contributed by atoms with van der Waals surface area (Å²) in [4.78, 5) is 45.5. The van der Waals surface area contributed by atoms with E-state index in [4.69, 9.17) is 21.0 Å². The lowest BCUT2D eigenvalue weighted by molar-refractivity contribution is -0.151. The highest BCUT2D eigenvalue weighted by atomic mass is 35.5. The summed E-state index contributed by atoms with van der Waals surface area (Å²) in [5.74, 6) is -1.53. The number of nitrogens with zero attached hydrogens (tertiary/aromatic N) is 2. The van der Waals surface area contributed by atoms with Crippen LogP contribution in [0.3, 0.4) is 0 Å². The average Bonchev–Trinajstić information content (AvgIpc) is 3.37. The second-order valence-electron chi connectivity index (χ2n) is 14.3. The van der Waals surface area contributed by atoms with Gasteiger partial charge in [0.15, 0.2) is 11.3 Å². The van der Waals surface area contributed by atoms with Crippen molar-refractivity contribution in [3.8, 4) is 11.3 Å². The Morgan fingerprint density at radius 3 is 2.30 bits per heavy atom. The number of ketones is 1. The van der Waals surface area contributed by atoms with E-state index >= 15 is 0 Å². The van der Waals surface area contributed by atoms with Crippen molar-refractivity contribution in [1.29, 1.82) is 0 Å². The number of amides is 1. The maximum atomic E-state index is 14.3. The molecular weight excluding hydrogens is 571 g/mol. The van der Waals surface area contributed by atoms with Gasteiger partial charge in [0.1, 0.15) is 17.1 Å². The number of carboxylic acid groups (broad SMARTS) is 1. The molecule has 2 fully saturated rings. The predicted molar refractivity (Wildman–Crippen MR) is 164 cm³/mol. The van der Waals surface area contributed by atoms with Crippen molar-refractivity contribution in [2.75, 3.05) is 6.54 Å². The second-order valence-corrected chi connectivity index (χ2v) is 14.7. The van der Waals surface area contributed by atoms with Crippen LogP contribution < -0.4 is 0 Å². The first-order valence-electron chi connectivity index (χ1n) is 15.0. The lowest BCUT2D eigenvalue weighted by Crippen LogP contribution is -2.54. The third-order valence-corrected chi connectivity index (χ3v) is 9.85. The number of carboxylic acids is 1. The summed E-state index contributed by atoms with van der Waals surface area (Å²) in [6.07, 6.45) is 3.28. The van der Waals surface area contributed by atoms with Crippen molar-refractivity contribution in [3.05, 3.63) is 52.5 Å². The third-order valence-electron chi connectivity index (χ3n) is 9.55. The number of fused-ring (bicyclic) bond motifs is 1. The standard InChI is InChI=1S/C34H40ClFN2O5/c1-32(2,3)22-16-25(20-7-8-23(35)24(36)15-20)37-26-17-27(43-29(22)26)30(40)38-14-11-21(18-33(38,4)5)28(39)19-9-12-34(6,13-10-19)31(41)42/h7-8,15-17,19,21H,9-14,18H2,1-6H3,(H,41,42). The highest BCUT2D eigenvalue weighted by molar-refractivity contribution is 6.30. The van der Waals surface area contributed by atoms with Crippen LogP contribution in [0.5, 0.6) is 0 Å². The molecule has 3 aromatic rings. The first-order valence-corrected chi connectivity index (χ1v) is 15.4. The van der Waals surface area contributed by atoms with Crippen molar-refractivity contribution in [1.82, 2.24) is 9.88 Å². The van der Waals surface area contributed by atoms with Gasteiger partial charge < -0.3 is 14.4 Å². The highest BCUT2D eigenvalue weighted by Gasteiger charge is 2.45. The Morgan fingerprint density at radius 2 is 1.72 bits per heavy atom. The number of furan rings is 1. The Hall–Kier alpha value is -3.26. The molecule has 0 bridgehead atoms. The van der Waals surface area contributed by atoms with Crippen LogP contribution in [-0.2, 0) is 15.0 Å². The molecule has 3 heterocycles. The molecule has 1 amide bonds. The molecule has 0 spiro atoms. The van der Waals surface area contributed by atoms with Crippen molar-refractivity contribution in [3.63, 3.8) is 0 Å². The molecule has 7 nitrogen and oxygen atoms in total. The Morgan fingerprint density at radius 1 is 1.05 bits per heavy atom. The molecule has 5 rings (SSSR count). The molecule has 1 saturated heterocycles. The predicted octanol–water partition coefficient (Wildman–Crippen LogP) is 8.07. The maximum Gasteiger partial charge on any atom is 0.309 e. The minimum atomic E-state index is -0.795. The molecule has 1 atom stereocenters. The summed E-state index contributed by atoms with van der Waals surface area (Å²) < 4.78 is 20.5. The summed E-state index contributed by atoms with van der Waals surface area (Å²) in [5, 5.41) is 9.58. The van der Waals surface area contributed by atoms with Gasteiger partial charge in [-0.15, -0.1) is 0 Å². The second kappa shape index (κ2) is 11.0. The molecule has 2 aliphatic rings. The van der Waals surface area contributed by atoms with Gasteiger partial charge in [0, 0.05) is 41.1 Å². The molecular formula is C34H40ClFN2O5. The Labute approximate surface area is 256 Å². The largest absolute Gasteiger partial charge is 0.481 e. The van der Waals surface area contributed by atoms with Gasteiger partial charge in [0.2, 0.25) is 0 Å². The number of benzene rings is 1. The van der Waals surface area contributed by atoms with E-state index < -0.39 is 22.7 Å². The zero-order valence-corrected chi connectivity index (χ0v) is 26.5. The molecule has 43 heavy (non-hydrogen) atoms. The molecule has 1 unspecified atom stereocenters. The van der Waals surface area contributed by atoms with Gasteiger partial charge in [-0.25, -0.2) is 9.37 Å². The van der Waals surface area contributed by atoms with Crippen LogP contribution in [0.15, 0.2) is 34.7 Å². The van der Waals surface area contributed by atoms with Crippen LogP contribution in [0.1, 0.15) is 96.2 Å². The molecule has 1 aliphatic carbocycles. The average molecular weight is 611 g/mol. The Balaban J connectivity index is 1.38. The van der Waals surface area contributed by atoms with E-state index in [-0.39, 0.29) is 39.7 Å². The number of piperidine rings is 1. The van der Waals surface area contributed by atoms with E-state index in [1.54, 1.807) is 24.0 Å². The molecule has 9 heteroatoms. The lowest BCUT2D eigenvalue weighted by Gasteiger charge is -2.46. The van der Waals surface area contributed by atoms with E-state index in [2.05, 4.69) is 0 Å². The minimum Gasteiger partial charge on any atom is -0.481 e. The van der Waals surface area contributed by atoms with Gasteiger partial charge in [-0.05, 0) is 82.9 Å². The fourth-order valence-corrected chi connectivity index (χ4v) is 6.85. The number of aliphatic carboxylic acids is 1. The number of Topliss-reactive ketones (excluding diaryl/α,β-unsaturated/α-hetero) is 1. The zero-order chi connectivity index (χ0) is 31.5. The van der Waals surface area contributed by atoms with E-state index in [1.165, 1.54) is 12.1 Å². The number of likely N-dealkylation sites (tertiary alicyclic amines) is 1. The monoisotopic (exact) mass is 610 g/mol. The third kappa shape index (κ3) is 5.95. The fourth-order valence-electron chi connectivity index (χ4n) is 6.73. The van der Waals surface area contributed by atoms with Crippen LogP contribution in [0.4, 0.5) is 4.39 Å². The van der Waals surface area contributed by atoms with Gasteiger partial charge in [-0.1, -0.05) is 38.4 Å². The summed E-state index contributed by atoms with van der Waals surface area (Å²) >= 11 is 5.90. The van der Waals surface area contributed by atoms with Crippen molar-refractivity contribution in [2.45, 2.75) is 91.0 Å². The van der Waals surface area contributed by atoms with Gasteiger partial charge in [-0.3, -0.25) is 14.4 Å². The number of pyridine rings is 1. The summed E-state index contributed by atoms with van der Waals surface area (Å²) in [6, 6.07) is 8.08. The first-order chi connectivity index (χ1) is 20.0. The zero-order valence-electron chi connectivity index (χ0n) is 25.7. The van der Waals surface area contributed by atoms with Gasteiger partial charge in [0.25, 0.3) is 5.91 Å². The smallest absolute Gasteiger partial charge is 0.309 e. The van der Waals surface area contributed by atoms with E-state index in [0.29, 0.717) is 67.4 Å². The molecule has 1 N–H and O–H groups in total. The number of carbonyl (C=O) groups excluding carboxylic acids is 2. The molecule has 0 radical (unpaired) electrons. The van der Waals surface area contributed by atoms with E-state index in [0.717, 1.165) is 5.56 Å². The number of hydrogen-bond acceptors (Lipinski definition) is 5. The topological polar surface area (TPSA) is 101 Å². The van der Waals surface area contributed by atoms with Crippen LogP contribution in [0.2, 0.25) is 5.02 Å². The van der Waals surface area contributed by atoms with Crippen molar-refractivity contribution >= 4 is 40.4 Å². The van der Waals surface area contributed by atoms with Crippen molar-refractivity contribution < 1.29 is 28.3 Å². The SMILES string of the molecule is CC1(C(=O)O)CCC(C(=O)C2CCN(C(=O)c3cc4nc(-c5ccc(Cl)c(F)c5)cc(C(C)(C)C)c4o3)C(C)(C)C2)CC1. The van der Waals surface area contributed by atoms with Gasteiger partial charge in [-0.2, -0.15) is 0 Å². The number of halogens is 2. The lowest BCUT2D eigenvalue weighted by atomic mass is 9.67. The number of rotatable bonds is 5. The number of hydrogen-bond donors (Lipinski definition) is 1. The van der Waals surface area contributed by atoms with Crippen molar-refractivity contribution in [2.24, 2.45) is 17.3 Å². The first kappa shape index (κ1) is 31.2. The van der Waals surface area contributed by atoms with Gasteiger partial charge in [0.05, 0.1) is 16.1 Å². The van der Waals surface area contributed by atoms with E-state index in [9.17, 15) is 23.9 Å². The summed E-state index contributed by atoms with van der Waals surface area (Å²) in [6.45, 7) is 12.2. The quantitative estimate of drug-likeness (QED) is 0.313. The molecule has 1 aliphatic heterocycles. The van der Waals surface area contributed by atoms with E-state index in [1.807, 2.05) is 40.7 Å². The molecule has 1 saturated carbocycles. The van der Waals surface area contributed by atoms with Crippen LogP contribution in [-0.4, -0.2) is 44.7 Å². The fraction of sp³-hybridized carbons (Fsp3) is 0.529.